The van der Waals surface area contributed by atoms with Gasteiger partial charge in [-0.1, -0.05) is 53.0 Å². The number of anilines is 3. The fourth-order valence-corrected chi connectivity index (χ4v) is 3.59. The molecule has 0 aromatic heterocycles. The summed E-state index contributed by atoms with van der Waals surface area (Å²) < 4.78 is 0. The Hall–Kier alpha value is -3.61. The van der Waals surface area contributed by atoms with Gasteiger partial charge in [0, 0.05) is 22.0 Å². The number of nitrogens with one attached hydrogen (secondary N) is 2. The first-order valence-electron chi connectivity index (χ1n) is 9.63. The third kappa shape index (κ3) is 4.37. The molecule has 0 fully saturated rings. The van der Waals surface area contributed by atoms with Crippen LogP contribution < -0.4 is 15.5 Å². The number of carbonyl (C=O) groups is 3. The Labute approximate surface area is 194 Å². The van der Waals surface area contributed by atoms with Gasteiger partial charge >= 0.3 is 0 Å². The summed E-state index contributed by atoms with van der Waals surface area (Å²) in [4.78, 5) is 39.1. The first-order valence-corrected chi connectivity index (χ1v) is 10.4. The largest absolute Gasteiger partial charge is 0.350 e. The Morgan fingerprint density at radius 3 is 2.25 bits per heavy atom. The summed E-state index contributed by atoms with van der Waals surface area (Å²) in [6.45, 7) is 1.91. The second-order valence-electron chi connectivity index (χ2n) is 7.14. The van der Waals surface area contributed by atoms with Crippen molar-refractivity contribution in [1.29, 1.82) is 0 Å². The van der Waals surface area contributed by atoms with Gasteiger partial charge in [-0.3, -0.25) is 14.4 Å². The minimum absolute atomic E-state index is 0.0513. The molecule has 0 saturated carbocycles. The highest BCUT2D eigenvalue weighted by Gasteiger charge is 2.38. The third-order valence-electron chi connectivity index (χ3n) is 4.80. The van der Waals surface area contributed by atoms with Gasteiger partial charge in [0.1, 0.15) is 10.7 Å². The number of halogens is 2. The van der Waals surface area contributed by atoms with Crippen molar-refractivity contribution in [2.75, 3.05) is 15.5 Å². The Balaban J connectivity index is 1.54. The van der Waals surface area contributed by atoms with Crippen molar-refractivity contribution in [3.8, 4) is 0 Å². The van der Waals surface area contributed by atoms with Crippen LogP contribution >= 0.6 is 23.2 Å². The van der Waals surface area contributed by atoms with Crippen LogP contribution in [0.3, 0.4) is 0 Å². The van der Waals surface area contributed by atoms with Crippen molar-refractivity contribution < 1.29 is 14.4 Å². The quantitative estimate of drug-likeness (QED) is 0.498. The minimum Gasteiger partial charge on any atom is -0.350 e. The van der Waals surface area contributed by atoms with E-state index in [4.69, 9.17) is 23.2 Å². The number of carbonyl (C=O) groups excluding carboxylic acids is 3. The smallest absolute Gasteiger partial charge is 0.283 e. The van der Waals surface area contributed by atoms with Crippen molar-refractivity contribution in [3.05, 3.63) is 99.7 Å². The van der Waals surface area contributed by atoms with Crippen LogP contribution in [-0.4, -0.2) is 17.7 Å². The highest BCUT2D eigenvalue weighted by Crippen LogP contribution is 2.30. The molecule has 6 nitrogen and oxygen atoms in total. The number of hydrogen-bond acceptors (Lipinski definition) is 4. The van der Waals surface area contributed by atoms with Crippen molar-refractivity contribution in [1.82, 2.24) is 0 Å². The van der Waals surface area contributed by atoms with E-state index in [1.807, 2.05) is 6.92 Å². The molecule has 3 aromatic carbocycles. The van der Waals surface area contributed by atoms with Gasteiger partial charge in [-0.05, 0) is 55.5 Å². The summed E-state index contributed by atoms with van der Waals surface area (Å²) >= 11 is 12.1. The van der Waals surface area contributed by atoms with E-state index < -0.39 is 11.8 Å². The Bertz CT molecular complexity index is 1270. The standard InChI is InChI=1S/C24H17Cl2N3O3/c1-14-8-10-19(11-9-14)29-23(31)20(26)21(24(29)32)27-17-6-2-4-15(12-17)22(30)28-18-7-3-5-16(25)13-18/h2-13,27H,1H3,(H,28,30). The molecule has 0 aliphatic carbocycles. The zero-order chi connectivity index (χ0) is 22.8. The molecule has 0 saturated heterocycles. The first kappa shape index (κ1) is 21.6. The predicted octanol–water partition coefficient (Wildman–Crippen LogP) is 5.34. The molecule has 32 heavy (non-hydrogen) atoms. The van der Waals surface area contributed by atoms with Crippen LogP contribution in [0.4, 0.5) is 17.1 Å². The van der Waals surface area contributed by atoms with Gasteiger partial charge < -0.3 is 10.6 Å². The summed E-state index contributed by atoms with van der Waals surface area (Å²) in [5.41, 5.74) is 2.71. The Kier molecular flexibility index (Phi) is 5.99. The summed E-state index contributed by atoms with van der Waals surface area (Å²) in [5, 5.41) is 5.93. The molecule has 3 aromatic rings. The molecular formula is C24H17Cl2N3O3. The van der Waals surface area contributed by atoms with E-state index in [0.29, 0.717) is 27.6 Å². The van der Waals surface area contributed by atoms with Gasteiger partial charge in [-0.15, -0.1) is 0 Å². The van der Waals surface area contributed by atoms with Crippen LogP contribution in [0.5, 0.6) is 0 Å². The molecule has 0 unspecified atom stereocenters. The van der Waals surface area contributed by atoms with Gasteiger partial charge in [0.25, 0.3) is 17.7 Å². The van der Waals surface area contributed by atoms with Crippen LogP contribution in [-0.2, 0) is 9.59 Å². The molecule has 3 amide bonds. The molecule has 0 atom stereocenters. The summed E-state index contributed by atoms with van der Waals surface area (Å²) in [7, 11) is 0. The second kappa shape index (κ2) is 8.86. The number of amides is 3. The maximum absolute atomic E-state index is 12.9. The average molecular weight is 466 g/mol. The number of nitrogens with zero attached hydrogens (tertiary/aromatic N) is 1. The molecule has 4 rings (SSSR count). The fourth-order valence-electron chi connectivity index (χ4n) is 3.19. The number of benzene rings is 3. The van der Waals surface area contributed by atoms with Crippen molar-refractivity contribution in [2.45, 2.75) is 6.92 Å². The summed E-state index contributed by atoms with van der Waals surface area (Å²) in [5.74, 6) is -1.54. The molecular weight excluding hydrogens is 449 g/mol. The topological polar surface area (TPSA) is 78.5 Å². The fraction of sp³-hybridized carbons (Fsp3) is 0.0417. The van der Waals surface area contributed by atoms with Gasteiger partial charge in [-0.25, -0.2) is 4.90 Å². The maximum atomic E-state index is 12.9. The van der Waals surface area contributed by atoms with Gasteiger partial charge in [-0.2, -0.15) is 0 Å². The lowest BCUT2D eigenvalue weighted by Gasteiger charge is -2.15. The van der Waals surface area contributed by atoms with E-state index >= 15 is 0 Å². The lowest BCUT2D eigenvalue weighted by atomic mass is 10.1. The van der Waals surface area contributed by atoms with E-state index in [2.05, 4.69) is 10.6 Å². The van der Waals surface area contributed by atoms with Crippen LogP contribution in [0.2, 0.25) is 5.02 Å². The lowest BCUT2D eigenvalue weighted by molar-refractivity contribution is -0.120. The lowest BCUT2D eigenvalue weighted by Crippen LogP contribution is -2.32. The number of hydrogen-bond donors (Lipinski definition) is 2. The molecule has 1 aliphatic rings. The highest BCUT2D eigenvalue weighted by atomic mass is 35.5. The van der Waals surface area contributed by atoms with Crippen LogP contribution in [0.1, 0.15) is 15.9 Å². The highest BCUT2D eigenvalue weighted by molar-refractivity contribution is 6.53. The third-order valence-corrected chi connectivity index (χ3v) is 5.38. The number of aryl methyl sites for hydroxylation is 1. The van der Waals surface area contributed by atoms with Crippen LogP contribution in [0, 0.1) is 6.92 Å². The Morgan fingerprint density at radius 1 is 0.844 bits per heavy atom. The van der Waals surface area contributed by atoms with Crippen molar-refractivity contribution in [3.63, 3.8) is 0 Å². The van der Waals surface area contributed by atoms with Crippen LogP contribution in [0.25, 0.3) is 0 Å². The van der Waals surface area contributed by atoms with Crippen molar-refractivity contribution >= 4 is 58.0 Å². The molecule has 0 bridgehead atoms. The molecule has 1 aliphatic heterocycles. The van der Waals surface area contributed by atoms with E-state index in [1.54, 1.807) is 72.8 Å². The maximum Gasteiger partial charge on any atom is 0.283 e. The molecule has 1 heterocycles. The number of rotatable bonds is 5. The second-order valence-corrected chi connectivity index (χ2v) is 7.95. The van der Waals surface area contributed by atoms with Crippen molar-refractivity contribution in [2.24, 2.45) is 0 Å². The molecule has 0 spiro atoms. The minimum atomic E-state index is -0.613. The number of imide groups is 1. The molecule has 2 N–H and O–H groups in total. The average Bonchev–Trinajstić information content (AvgIpc) is 2.98. The summed E-state index contributed by atoms with van der Waals surface area (Å²) in [6, 6.07) is 20.3. The monoisotopic (exact) mass is 465 g/mol. The molecule has 0 radical (unpaired) electrons. The Morgan fingerprint density at radius 2 is 1.53 bits per heavy atom. The van der Waals surface area contributed by atoms with Gasteiger partial charge in [0.05, 0.1) is 5.69 Å². The molecule has 8 heteroatoms. The zero-order valence-corrected chi connectivity index (χ0v) is 18.4. The summed E-state index contributed by atoms with van der Waals surface area (Å²) in [6.07, 6.45) is 0. The van der Waals surface area contributed by atoms with E-state index in [9.17, 15) is 14.4 Å². The predicted molar refractivity (Wildman–Crippen MR) is 126 cm³/mol. The van der Waals surface area contributed by atoms with Crippen LogP contribution in [0.15, 0.2) is 83.5 Å². The van der Waals surface area contributed by atoms with E-state index in [-0.39, 0.29) is 16.6 Å². The molecule has 160 valence electrons. The first-order chi connectivity index (χ1) is 15.3. The van der Waals surface area contributed by atoms with E-state index in [1.165, 1.54) is 0 Å². The zero-order valence-electron chi connectivity index (χ0n) is 16.9. The van der Waals surface area contributed by atoms with E-state index in [0.717, 1.165) is 10.5 Å². The van der Waals surface area contributed by atoms with Gasteiger partial charge in [0.2, 0.25) is 0 Å². The normalized spacial score (nSPS) is 13.5. The SMILES string of the molecule is Cc1ccc(N2C(=O)C(Cl)=C(Nc3cccc(C(=O)Nc4cccc(Cl)c4)c3)C2=O)cc1. The van der Waals surface area contributed by atoms with Gasteiger partial charge in [0.15, 0.2) is 0 Å².